The van der Waals surface area contributed by atoms with Crippen molar-refractivity contribution in [1.82, 2.24) is 14.5 Å². The van der Waals surface area contributed by atoms with Crippen LogP contribution in [0.4, 0.5) is 5.69 Å². The third-order valence-electron chi connectivity index (χ3n) is 5.74. The van der Waals surface area contributed by atoms with Gasteiger partial charge in [-0.25, -0.2) is 4.98 Å². The summed E-state index contributed by atoms with van der Waals surface area (Å²) in [6.45, 7) is 5.54. The number of anilines is 1. The summed E-state index contributed by atoms with van der Waals surface area (Å²) in [7, 11) is 0. The number of imidazole rings is 1. The van der Waals surface area contributed by atoms with E-state index >= 15 is 0 Å². The fourth-order valence-corrected chi connectivity index (χ4v) is 4.32. The molecule has 0 atom stereocenters. The van der Waals surface area contributed by atoms with Crippen LogP contribution in [0.15, 0.2) is 42.5 Å². The van der Waals surface area contributed by atoms with Crippen LogP contribution in [0.5, 0.6) is 0 Å². The molecule has 0 unspecified atom stereocenters. The van der Waals surface area contributed by atoms with Crippen molar-refractivity contribution >= 4 is 22.6 Å². The maximum atomic E-state index is 12.8. The van der Waals surface area contributed by atoms with E-state index in [4.69, 9.17) is 4.98 Å². The maximum Gasteiger partial charge on any atom is 0.257 e. The number of hydrogen-bond donors (Lipinski definition) is 1. The lowest BCUT2D eigenvalue weighted by Gasteiger charge is -2.31. The molecule has 1 saturated heterocycles. The molecule has 5 nitrogen and oxygen atoms in total. The zero-order valence-corrected chi connectivity index (χ0v) is 14.9. The number of piperidine rings is 1. The first kappa shape index (κ1) is 15.6. The van der Waals surface area contributed by atoms with Crippen LogP contribution in [0, 0.1) is 0 Å². The number of hydrogen-bond acceptors (Lipinski definition) is 3. The van der Waals surface area contributed by atoms with E-state index < -0.39 is 0 Å². The van der Waals surface area contributed by atoms with Gasteiger partial charge in [0.1, 0.15) is 5.82 Å². The van der Waals surface area contributed by atoms with Crippen LogP contribution < -0.4 is 5.32 Å². The molecule has 0 bridgehead atoms. The van der Waals surface area contributed by atoms with Gasteiger partial charge in [0.2, 0.25) is 0 Å². The van der Waals surface area contributed by atoms with Crippen molar-refractivity contribution in [2.75, 3.05) is 25.0 Å². The van der Waals surface area contributed by atoms with Gasteiger partial charge in [-0.2, -0.15) is 0 Å². The summed E-state index contributed by atoms with van der Waals surface area (Å²) in [6, 6.07) is 13.9. The van der Waals surface area contributed by atoms with Crippen molar-refractivity contribution in [3.05, 3.63) is 53.9 Å². The lowest BCUT2D eigenvalue weighted by atomic mass is 9.95. The molecule has 132 valence electrons. The zero-order valence-electron chi connectivity index (χ0n) is 14.9. The number of aromatic nitrogens is 2. The van der Waals surface area contributed by atoms with Gasteiger partial charge in [0.25, 0.3) is 5.91 Å². The first-order chi connectivity index (χ1) is 12.8. The fraction of sp³-hybridized carbons (Fsp3) is 0.333. The quantitative estimate of drug-likeness (QED) is 0.768. The average Bonchev–Trinajstić information content (AvgIpc) is 3.02. The molecule has 5 heteroatoms. The van der Waals surface area contributed by atoms with Gasteiger partial charge in [-0.05, 0) is 56.7 Å². The number of amides is 1. The lowest BCUT2D eigenvalue weighted by molar-refractivity contribution is 0.102. The second kappa shape index (κ2) is 5.95. The third kappa shape index (κ3) is 2.27. The van der Waals surface area contributed by atoms with Crippen molar-refractivity contribution < 1.29 is 4.79 Å². The van der Waals surface area contributed by atoms with Crippen LogP contribution >= 0.6 is 0 Å². The van der Waals surface area contributed by atoms with E-state index in [1.165, 1.54) is 0 Å². The molecule has 5 rings (SSSR count). The van der Waals surface area contributed by atoms with E-state index in [0.717, 1.165) is 60.7 Å². The number of nitrogens with zero attached hydrogens (tertiary/aromatic N) is 3. The van der Waals surface area contributed by atoms with Crippen molar-refractivity contribution in [3.63, 3.8) is 0 Å². The molecule has 2 aliphatic rings. The van der Waals surface area contributed by atoms with Gasteiger partial charge in [-0.3, -0.25) is 9.36 Å². The number of carbonyl (C=O) groups is 1. The van der Waals surface area contributed by atoms with Gasteiger partial charge in [0.05, 0.1) is 28.0 Å². The maximum absolute atomic E-state index is 12.8. The largest absolute Gasteiger partial charge is 0.320 e. The summed E-state index contributed by atoms with van der Waals surface area (Å²) in [6.07, 6.45) is 2.21. The third-order valence-corrected chi connectivity index (χ3v) is 5.74. The second-order valence-corrected chi connectivity index (χ2v) is 7.16. The molecule has 26 heavy (non-hydrogen) atoms. The van der Waals surface area contributed by atoms with Crippen molar-refractivity contribution in [2.24, 2.45) is 0 Å². The Kier molecular flexibility index (Phi) is 3.57. The summed E-state index contributed by atoms with van der Waals surface area (Å²) in [4.78, 5) is 20.3. The Balaban J connectivity index is 1.74. The Morgan fingerprint density at radius 3 is 2.73 bits per heavy atom. The first-order valence-electron chi connectivity index (χ1n) is 9.40. The molecule has 1 amide bonds. The molecular weight excluding hydrogens is 324 g/mol. The lowest BCUT2D eigenvalue weighted by Crippen LogP contribution is -2.33. The van der Waals surface area contributed by atoms with Crippen LogP contribution in [-0.2, 0) is 0 Å². The van der Waals surface area contributed by atoms with Gasteiger partial charge >= 0.3 is 0 Å². The van der Waals surface area contributed by atoms with E-state index in [1.54, 1.807) is 0 Å². The molecule has 3 aromatic rings. The molecule has 1 aromatic heterocycles. The molecule has 1 N–H and O–H groups in total. The van der Waals surface area contributed by atoms with Crippen molar-refractivity contribution in [2.45, 2.75) is 25.7 Å². The molecule has 0 radical (unpaired) electrons. The van der Waals surface area contributed by atoms with Crippen LogP contribution in [0.25, 0.3) is 16.7 Å². The zero-order chi connectivity index (χ0) is 17.7. The van der Waals surface area contributed by atoms with Crippen molar-refractivity contribution in [1.29, 1.82) is 0 Å². The van der Waals surface area contributed by atoms with E-state index in [0.29, 0.717) is 11.5 Å². The van der Waals surface area contributed by atoms with Gasteiger partial charge in [0.15, 0.2) is 0 Å². The Bertz CT molecular complexity index is 998. The summed E-state index contributed by atoms with van der Waals surface area (Å²) in [5, 5.41) is 3.07. The predicted molar refractivity (Wildman–Crippen MR) is 103 cm³/mol. The smallest absolute Gasteiger partial charge is 0.257 e. The molecule has 1 fully saturated rings. The van der Waals surface area contributed by atoms with Crippen LogP contribution in [0.1, 0.15) is 41.9 Å². The minimum Gasteiger partial charge on any atom is -0.320 e. The van der Waals surface area contributed by atoms with Gasteiger partial charge in [0, 0.05) is 5.92 Å². The number of fused-ring (bicyclic) bond motifs is 2. The topological polar surface area (TPSA) is 50.2 Å². The second-order valence-electron chi connectivity index (χ2n) is 7.16. The fourth-order valence-electron chi connectivity index (χ4n) is 4.32. The minimum atomic E-state index is -0.0611. The molecular formula is C21H22N4O. The van der Waals surface area contributed by atoms with Crippen LogP contribution in [0.2, 0.25) is 0 Å². The highest BCUT2D eigenvalue weighted by Crippen LogP contribution is 2.37. The highest BCUT2D eigenvalue weighted by molar-refractivity contribution is 6.14. The number of rotatable bonds is 2. The van der Waals surface area contributed by atoms with E-state index in [-0.39, 0.29) is 5.91 Å². The highest BCUT2D eigenvalue weighted by Gasteiger charge is 2.29. The molecule has 0 aliphatic carbocycles. The van der Waals surface area contributed by atoms with Crippen LogP contribution in [0.3, 0.4) is 0 Å². The average molecular weight is 346 g/mol. The molecule has 2 aromatic carbocycles. The number of para-hydroxylation sites is 3. The summed E-state index contributed by atoms with van der Waals surface area (Å²) in [5.74, 6) is 1.44. The number of nitrogens with one attached hydrogen (secondary N) is 1. The molecule has 0 spiro atoms. The summed E-state index contributed by atoms with van der Waals surface area (Å²) in [5.41, 5.74) is 4.40. The van der Waals surface area contributed by atoms with Gasteiger partial charge in [-0.1, -0.05) is 25.1 Å². The Morgan fingerprint density at radius 1 is 1.12 bits per heavy atom. The number of benzene rings is 2. The Hall–Kier alpha value is -2.66. The molecule has 2 aliphatic heterocycles. The summed E-state index contributed by atoms with van der Waals surface area (Å²) < 4.78 is 2.23. The van der Waals surface area contributed by atoms with E-state index in [2.05, 4.69) is 27.8 Å². The SMILES string of the molecule is CCN1CCC(c2nc3cccc4c3n2-c2ccccc2NC4=O)CC1. The normalized spacial score (nSPS) is 17.8. The minimum absolute atomic E-state index is 0.0611. The Morgan fingerprint density at radius 2 is 1.92 bits per heavy atom. The number of carbonyl (C=O) groups excluding carboxylic acids is 1. The molecule has 0 saturated carbocycles. The van der Waals surface area contributed by atoms with Crippen molar-refractivity contribution in [3.8, 4) is 5.69 Å². The monoisotopic (exact) mass is 346 g/mol. The van der Waals surface area contributed by atoms with Gasteiger partial charge in [-0.15, -0.1) is 0 Å². The van der Waals surface area contributed by atoms with Gasteiger partial charge < -0.3 is 10.2 Å². The molecule has 3 heterocycles. The Labute approximate surface area is 152 Å². The summed E-state index contributed by atoms with van der Waals surface area (Å²) >= 11 is 0. The predicted octanol–water partition coefficient (Wildman–Crippen LogP) is 3.79. The first-order valence-corrected chi connectivity index (χ1v) is 9.40. The number of likely N-dealkylation sites (tertiary alicyclic amines) is 1. The van der Waals surface area contributed by atoms with E-state index in [1.807, 2.05) is 36.4 Å². The highest BCUT2D eigenvalue weighted by atomic mass is 16.1. The van der Waals surface area contributed by atoms with E-state index in [9.17, 15) is 4.79 Å². The van der Waals surface area contributed by atoms with Crippen LogP contribution in [-0.4, -0.2) is 40.0 Å². The standard InChI is InChI=1S/C21H22N4O/c1-2-24-12-10-14(11-13-24)20-22-17-8-5-6-15-19(17)25(20)18-9-4-3-7-16(18)23-21(15)26/h3-9,14H,2,10-13H2,1H3,(H,23,26).